The summed E-state index contributed by atoms with van der Waals surface area (Å²) in [5.41, 5.74) is 1.83. The van der Waals surface area contributed by atoms with Crippen molar-refractivity contribution in [2.75, 3.05) is 10.6 Å². The molecule has 8 bridgehead atoms. The highest BCUT2D eigenvalue weighted by Crippen LogP contribution is 2.63. The Morgan fingerprint density at radius 1 is 0.594 bits per heavy atom. The summed E-state index contributed by atoms with van der Waals surface area (Å²) < 4.78 is 26.4. The Labute approximate surface area is 369 Å². The second-order valence-electron chi connectivity index (χ2n) is 20.5. The van der Waals surface area contributed by atoms with Crippen LogP contribution in [-0.2, 0) is 26.0 Å². The number of halogens is 2. The van der Waals surface area contributed by atoms with Gasteiger partial charge in [0.05, 0.1) is 17.7 Å². The molecule has 4 aromatic rings. The molecule has 10 nitrogen and oxygen atoms in total. The van der Waals surface area contributed by atoms with Crippen molar-refractivity contribution < 1.29 is 48.1 Å². The van der Waals surface area contributed by atoms with Gasteiger partial charge in [-0.25, -0.2) is 8.78 Å². The van der Waals surface area contributed by atoms with Crippen LogP contribution >= 0.6 is 0 Å². The number of hydrogen-bond acceptors (Lipinski definition) is 8. The zero-order valence-corrected chi connectivity index (χ0v) is 35.7. The van der Waals surface area contributed by atoms with Gasteiger partial charge in [0.1, 0.15) is 23.1 Å². The normalized spacial score (nSPS) is 31.8. The first-order valence-corrected chi connectivity index (χ1v) is 22.7. The molecule has 10 aliphatic rings. The number of aromatic hydroxyl groups is 2. The fraction of sp³-hybridized carbons (Fsp3) is 0.442. The van der Waals surface area contributed by atoms with Gasteiger partial charge in [-0.1, -0.05) is 0 Å². The van der Waals surface area contributed by atoms with Crippen molar-refractivity contribution in [2.24, 2.45) is 35.5 Å². The van der Waals surface area contributed by atoms with E-state index < -0.39 is 47.0 Å². The fourth-order valence-electron chi connectivity index (χ4n) is 14.1. The van der Waals surface area contributed by atoms with Gasteiger partial charge in [0, 0.05) is 33.5 Å². The van der Waals surface area contributed by atoms with Crippen LogP contribution in [0.2, 0.25) is 0 Å². The molecule has 8 fully saturated rings. The van der Waals surface area contributed by atoms with Crippen LogP contribution in [-0.4, -0.2) is 44.5 Å². The Hall–Kier alpha value is -5.75. The average Bonchev–Trinajstić information content (AvgIpc) is 3.65. The predicted octanol–water partition coefficient (Wildman–Crippen LogP) is 9.43. The number of anilines is 2. The van der Waals surface area contributed by atoms with Crippen LogP contribution in [0.1, 0.15) is 138 Å². The highest BCUT2D eigenvalue weighted by atomic mass is 19.1. The third-order valence-corrected chi connectivity index (χ3v) is 16.1. The van der Waals surface area contributed by atoms with Crippen LogP contribution in [0.25, 0.3) is 0 Å². The summed E-state index contributed by atoms with van der Waals surface area (Å²) in [6.45, 7) is 1.61. The third kappa shape index (κ3) is 7.31. The summed E-state index contributed by atoms with van der Waals surface area (Å²) in [4.78, 5) is 59.1. The molecule has 14 rings (SSSR count). The van der Waals surface area contributed by atoms with Gasteiger partial charge in [-0.2, -0.15) is 0 Å². The van der Waals surface area contributed by atoms with Crippen LogP contribution in [0.4, 0.5) is 20.2 Å². The summed E-state index contributed by atoms with van der Waals surface area (Å²) in [5.74, 6) is 1.71. The van der Waals surface area contributed by atoms with Gasteiger partial charge in [-0.3, -0.25) is 24.0 Å². The molecule has 332 valence electrons. The largest absolute Gasteiger partial charge is 0.508 e. The standard InChI is InChI=1S/C26H26FNO4.C18H22O2.C8H4FNO2/c27-18-2-3-21-19(9-18)26(32,24(31)28-21)13-23(30)17-1-4-22(29)20(8-17)25-10-14-5-15(11-25)7-16(6-14)12-25;1-11(19)15-2-3-17(20)16(7-15)18-8-12-4-13(9-18)6-14(5-12)10-18;9-4-1-2-6-5(3-4)7(11)8(12)10-6/h1-4,8-9,14-16,29,32H,5-7,10-13H2,(H,28,31);2-3,7,12-14,20H,4-6,8-10H2,1H3;1-3H,(H,10,11,12). The van der Waals surface area contributed by atoms with Crippen LogP contribution in [0, 0.1) is 47.1 Å². The number of hydrogen-bond donors (Lipinski definition) is 5. The molecular weight excluding hydrogens is 819 g/mol. The highest BCUT2D eigenvalue weighted by molar-refractivity contribution is 6.51. The number of phenolic OH excluding ortho intramolecular Hbond substituents is 2. The van der Waals surface area contributed by atoms with E-state index >= 15 is 0 Å². The molecule has 0 aromatic heterocycles. The van der Waals surface area contributed by atoms with E-state index in [1.54, 1.807) is 37.3 Å². The van der Waals surface area contributed by atoms with Crippen molar-refractivity contribution in [1.82, 2.24) is 0 Å². The Morgan fingerprint density at radius 2 is 1.05 bits per heavy atom. The molecule has 4 aromatic carbocycles. The number of fused-ring (bicyclic) bond motifs is 2. The molecule has 1 unspecified atom stereocenters. The summed E-state index contributed by atoms with van der Waals surface area (Å²) >= 11 is 0. The average molecular weight is 871 g/mol. The molecule has 8 saturated carbocycles. The number of carbonyl (C=O) groups excluding carboxylic acids is 5. The van der Waals surface area contributed by atoms with Gasteiger partial charge < -0.3 is 26.0 Å². The number of benzene rings is 4. The minimum atomic E-state index is -2.12. The molecule has 5 N–H and O–H groups in total. The maximum Gasteiger partial charge on any atom is 0.296 e. The number of amides is 2. The van der Waals surface area contributed by atoms with Crippen LogP contribution < -0.4 is 10.6 Å². The summed E-state index contributed by atoms with van der Waals surface area (Å²) in [7, 11) is 0. The van der Waals surface area contributed by atoms with Crippen molar-refractivity contribution in [2.45, 2.75) is 107 Å². The lowest BCUT2D eigenvalue weighted by atomic mass is 9.48. The Kier molecular flexibility index (Phi) is 10.2. The third-order valence-electron chi connectivity index (χ3n) is 16.1. The van der Waals surface area contributed by atoms with Crippen LogP contribution in [0.5, 0.6) is 11.5 Å². The molecule has 8 aliphatic carbocycles. The zero-order valence-electron chi connectivity index (χ0n) is 35.7. The van der Waals surface area contributed by atoms with E-state index in [9.17, 15) is 48.1 Å². The minimum Gasteiger partial charge on any atom is -0.508 e. The smallest absolute Gasteiger partial charge is 0.296 e. The number of Topliss-reactive ketones (excluding diaryl/α,β-unsaturated/α-hetero) is 3. The Balaban J connectivity index is 0.000000128. The van der Waals surface area contributed by atoms with Gasteiger partial charge in [-0.05, 0) is 203 Å². The molecule has 1 atom stereocenters. The van der Waals surface area contributed by atoms with Crippen LogP contribution in [0.15, 0.2) is 72.8 Å². The number of rotatable bonds is 6. The minimum absolute atomic E-state index is 0.0796. The Bertz CT molecular complexity index is 2590. The summed E-state index contributed by atoms with van der Waals surface area (Å²) in [6, 6.07) is 17.6. The highest BCUT2D eigenvalue weighted by Gasteiger charge is 2.54. The van der Waals surface area contributed by atoms with Gasteiger partial charge >= 0.3 is 0 Å². The molecule has 2 heterocycles. The van der Waals surface area contributed by atoms with E-state index in [1.807, 2.05) is 6.07 Å². The SMILES string of the molecule is CC(=O)c1ccc(O)c(C23CC4CC(CC(C4)C2)C3)c1.O=C(CC1(O)C(=O)Nc2ccc(F)cc21)c1ccc(O)c(C23CC4CC(CC(C4)C2)C3)c1.O=C1Nc2ccc(F)cc2C1=O. The maximum absolute atomic E-state index is 13.8. The van der Waals surface area contributed by atoms with Gasteiger partial charge in [0.25, 0.3) is 17.6 Å². The van der Waals surface area contributed by atoms with E-state index in [-0.39, 0.29) is 33.5 Å². The van der Waals surface area contributed by atoms with Gasteiger partial charge in [0.2, 0.25) is 0 Å². The zero-order chi connectivity index (χ0) is 44.9. The quantitative estimate of drug-likeness (QED) is 0.0943. The van der Waals surface area contributed by atoms with Crippen molar-refractivity contribution >= 4 is 40.5 Å². The second kappa shape index (κ2) is 15.5. The molecule has 0 spiro atoms. The molecule has 2 amide bonds. The number of phenols is 2. The van der Waals surface area contributed by atoms with E-state index in [2.05, 4.69) is 10.6 Å². The molecular formula is C52H52F2N2O8. The van der Waals surface area contributed by atoms with E-state index in [0.29, 0.717) is 40.4 Å². The summed E-state index contributed by atoms with van der Waals surface area (Å²) in [6.07, 6.45) is 14.3. The van der Waals surface area contributed by atoms with Crippen LogP contribution in [0.3, 0.4) is 0 Å². The molecule has 0 radical (unpaired) electrons. The van der Waals surface area contributed by atoms with Crippen molar-refractivity contribution in [3.8, 4) is 11.5 Å². The predicted molar refractivity (Wildman–Crippen MR) is 233 cm³/mol. The monoisotopic (exact) mass is 870 g/mol. The molecule has 0 saturated heterocycles. The lowest BCUT2D eigenvalue weighted by Crippen LogP contribution is -2.48. The van der Waals surface area contributed by atoms with Gasteiger partial charge in [0.15, 0.2) is 17.2 Å². The fourth-order valence-corrected chi connectivity index (χ4v) is 14.1. The molecule has 64 heavy (non-hydrogen) atoms. The lowest BCUT2D eigenvalue weighted by molar-refractivity contribution is -0.133. The molecule has 2 aliphatic heterocycles. The number of aliphatic hydroxyl groups is 1. The maximum atomic E-state index is 13.8. The first-order valence-electron chi connectivity index (χ1n) is 22.7. The van der Waals surface area contributed by atoms with Crippen molar-refractivity contribution in [3.63, 3.8) is 0 Å². The summed E-state index contributed by atoms with van der Waals surface area (Å²) in [5, 5.41) is 37.0. The van der Waals surface area contributed by atoms with Crippen molar-refractivity contribution in [1.29, 1.82) is 0 Å². The van der Waals surface area contributed by atoms with E-state index in [1.165, 1.54) is 82.1 Å². The topological polar surface area (TPSA) is 170 Å². The first kappa shape index (κ1) is 42.2. The first-order chi connectivity index (χ1) is 30.5. The van der Waals surface area contributed by atoms with Gasteiger partial charge in [-0.15, -0.1) is 0 Å². The molecule has 12 heteroatoms. The second-order valence-corrected chi connectivity index (χ2v) is 20.5. The lowest BCUT2D eigenvalue weighted by Gasteiger charge is -2.57. The number of carbonyl (C=O) groups is 5. The van der Waals surface area contributed by atoms with E-state index in [4.69, 9.17) is 0 Å². The number of ketones is 3. The number of nitrogens with one attached hydrogen (secondary N) is 2. The van der Waals surface area contributed by atoms with Crippen molar-refractivity contribution in [3.05, 3.63) is 118 Å². The van der Waals surface area contributed by atoms with E-state index in [0.717, 1.165) is 65.8 Å². The Morgan fingerprint density at radius 3 is 1.55 bits per heavy atom.